The van der Waals surface area contributed by atoms with Crippen LogP contribution in [0.5, 0.6) is 0 Å². The standard InChI is InChI=1S/C14H15N3.C2H6/c1-10-6-12-5-4-11(7-14(12)17(10)3)13-8-15-16(2)9-13;1-2/h4-9H,1-3H3;1-2H3. The van der Waals surface area contributed by atoms with Crippen molar-refractivity contribution in [2.24, 2.45) is 14.1 Å². The van der Waals surface area contributed by atoms with Crippen LogP contribution in [0.4, 0.5) is 0 Å². The second-order valence-electron chi connectivity index (χ2n) is 4.52. The minimum absolute atomic E-state index is 1.16. The van der Waals surface area contributed by atoms with E-state index in [0.717, 1.165) is 5.56 Å². The Morgan fingerprint density at radius 3 is 2.37 bits per heavy atom. The number of rotatable bonds is 1. The molecule has 0 spiro atoms. The van der Waals surface area contributed by atoms with Crippen LogP contribution >= 0.6 is 0 Å². The van der Waals surface area contributed by atoms with Crippen molar-refractivity contribution < 1.29 is 0 Å². The molecule has 0 fully saturated rings. The lowest BCUT2D eigenvalue weighted by molar-refractivity contribution is 0.768. The van der Waals surface area contributed by atoms with Gasteiger partial charge >= 0.3 is 0 Å². The number of hydrogen-bond donors (Lipinski definition) is 0. The first-order valence-electron chi connectivity index (χ1n) is 6.70. The highest BCUT2D eigenvalue weighted by atomic mass is 15.2. The van der Waals surface area contributed by atoms with Crippen LogP contribution in [-0.2, 0) is 14.1 Å². The third-order valence-electron chi connectivity index (χ3n) is 3.32. The van der Waals surface area contributed by atoms with E-state index in [1.165, 1.54) is 22.2 Å². The lowest BCUT2D eigenvalue weighted by Crippen LogP contribution is -1.89. The van der Waals surface area contributed by atoms with E-state index in [0.29, 0.717) is 0 Å². The second kappa shape index (κ2) is 5.31. The zero-order chi connectivity index (χ0) is 14.0. The maximum absolute atomic E-state index is 4.21. The number of hydrogen-bond acceptors (Lipinski definition) is 1. The molecule has 0 amide bonds. The summed E-state index contributed by atoms with van der Waals surface area (Å²) in [5.74, 6) is 0. The largest absolute Gasteiger partial charge is 0.348 e. The summed E-state index contributed by atoms with van der Waals surface area (Å²) >= 11 is 0. The third-order valence-corrected chi connectivity index (χ3v) is 3.32. The quantitative estimate of drug-likeness (QED) is 0.646. The summed E-state index contributed by atoms with van der Waals surface area (Å²) in [5.41, 5.74) is 4.92. The first kappa shape index (κ1) is 13.4. The number of fused-ring (bicyclic) bond motifs is 1. The van der Waals surface area contributed by atoms with Crippen molar-refractivity contribution >= 4 is 10.9 Å². The van der Waals surface area contributed by atoms with E-state index in [9.17, 15) is 0 Å². The molecule has 0 bridgehead atoms. The molecule has 3 rings (SSSR count). The van der Waals surface area contributed by atoms with Gasteiger partial charge in [-0.15, -0.1) is 0 Å². The Morgan fingerprint density at radius 1 is 1.00 bits per heavy atom. The summed E-state index contributed by atoms with van der Waals surface area (Å²) in [6.07, 6.45) is 3.94. The summed E-state index contributed by atoms with van der Waals surface area (Å²) < 4.78 is 4.05. The smallest absolute Gasteiger partial charge is 0.0568 e. The van der Waals surface area contributed by atoms with Gasteiger partial charge in [-0.2, -0.15) is 5.10 Å². The van der Waals surface area contributed by atoms with Crippen LogP contribution in [0.25, 0.3) is 22.0 Å². The highest BCUT2D eigenvalue weighted by molar-refractivity contribution is 5.86. The molecule has 0 saturated carbocycles. The fourth-order valence-electron chi connectivity index (χ4n) is 2.22. The molecular weight excluding hydrogens is 234 g/mol. The summed E-state index contributed by atoms with van der Waals surface area (Å²) in [4.78, 5) is 0. The van der Waals surface area contributed by atoms with Crippen LogP contribution in [-0.4, -0.2) is 14.3 Å². The van der Waals surface area contributed by atoms with Gasteiger partial charge in [-0.25, -0.2) is 0 Å². The van der Waals surface area contributed by atoms with Crippen molar-refractivity contribution in [3.63, 3.8) is 0 Å². The highest BCUT2D eigenvalue weighted by Crippen LogP contribution is 2.25. The third kappa shape index (κ3) is 2.41. The highest BCUT2D eigenvalue weighted by Gasteiger charge is 2.05. The first-order valence-corrected chi connectivity index (χ1v) is 6.70. The van der Waals surface area contributed by atoms with Gasteiger partial charge in [-0.1, -0.05) is 26.0 Å². The number of aromatic nitrogens is 3. The molecule has 100 valence electrons. The van der Waals surface area contributed by atoms with Gasteiger partial charge in [0, 0.05) is 37.1 Å². The van der Waals surface area contributed by atoms with Gasteiger partial charge < -0.3 is 4.57 Å². The molecule has 3 heteroatoms. The Labute approximate surface area is 114 Å². The molecular formula is C16H21N3. The predicted molar refractivity (Wildman–Crippen MR) is 81.2 cm³/mol. The molecule has 0 aliphatic heterocycles. The van der Waals surface area contributed by atoms with Gasteiger partial charge in [0.25, 0.3) is 0 Å². The SMILES string of the molecule is CC.Cc1cc2ccc(-c3cnn(C)c3)cc2n1C. The van der Waals surface area contributed by atoms with E-state index in [2.05, 4.69) is 47.9 Å². The van der Waals surface area contributed by atoms with Crippen LogP contribution < -0.4 is 0 Å². The van der Waals surface area contributed by atoms with Crippen molar-refractivity contribution in [1.29, 1.82) is 0 Å². The van der Waals surface area contributed by atoms with Crippen molar-refractivity contribution in [2.75, 3.05) is 0 Å². The van der Waals surface area contributed by atoms with E-state index in [4.69, 9.17) is 0 Å². The Kier molecular flexibility index (Phi) is 3.74. The Hall–Kier alpha value is -2.03. The van der Waals surface area contributed by atoms with Crippen LogP contribution in [0.15, 0.2) is 36.7 Å². The summed E-state index contributed by atoms with van der Waals surface area (Å²) in [7, 11) is 4.04. The second-order valence-corrected chi connectivity index (χ2v) is 4.52. The Balaban J connectivity index is 0.000000637. The van der Waals surface area contributed by atoms with E-state index >= 15 is 0 Å². The van der Waals surface area contributed by atoms with Crippen molar-refractivity contribution in [2.45, 2.75) is 20.8 Å². The van der Waals surface area contributed by atoms with Crippen molar-refractivity contribution in [3.05, 3.63) is 42.4 Å². The molecule has 0 aliphatic carbocycles. The molecule has 3 nitrogen and oxygen atoms in total. The lowest BCUT2D eigenvalue weighted by atomic mass is 10.1. The number of aryl methyl sites for hydroxylation is 3. The fraction of sp³-hybridized carbons (Fsp3) is 0.312. The lowest BCUT2D eigenvalue weighted by Gasteiger charge is -2.01. The van der Waals surface area contributed by atoms with E-state index in [1.54, 1.807) is 0 Å². The maximum atomic E-state index is 4.21. The molecule has 0 aliphatic rings. The molecule has 1 aromatic carbocycles. The minimum Gasteiger partial charge on any atom is -0.348 e. The zero-order valence-corrected chi connectivity index (χ0v) is 12.3. The summed E-state index contributed by atoms with van der Waals surface area (Å²) in [6.45, 7) is 6.13. The average Bonchev–Trinajstić information content (AvgIpc) is 2.97. The normalized spacial score (nSPS) is 10.4. The van der Waals surface area contributed by atoms with Gasteiger partial charge in [-0.3, -0.25) is 4.68 Å². The molecule has 0 saturated heterocycles. The van der Waals surface area contributed by atoms with Gasteiger partial charge in [0.15, 0.2) is 0 Å². The fourth-order valence-corrected chi connectivity index (χ4v) is 2.22. The Morgan fingerprint density at radius 2 is 1.74 bits per heavy atom. The number of nitrogens with zero attached hydrogens (tertiary/aromatic N) is 3. The summed E-state index contributed by atoms with van der Waals surface area (Å²) in [5, 5.41) is 5.50. The van der Waals surface area contributed by atoms with E-state index in [-0.39, 0.29) is 0 Å². The molecule has 3 aromatic rings. The van der Waals surface area contributed by atoms with Crippen molar-refractivity contribution in [3.8, 4) is 11.1 Å². The van der Waals surface area contributed by atoms with Crippen LogP contribution in [0, 0.1) is 6.92 Å². The predicted octanol–water partition coefficient (Wildman–Crippen LogP) is 3.91. The van der Waals surface area contributed by atoms with Gasteiger partial charge in [0.2, 0.25) is 0 Å². The average molecular weight is 255 g/mol. The Bertz CT molecular complexity index is 689. The maximum Gasteiger partial charge on any atom is 0.0568 e. The molecule has 0 atom stereocenters. The van der Waals surface area contributed by atoms with Gasteiger partial charge in [-0.05, 0) is 30.0 Å². The summed E-state index contributed by atoms with van der Waals surface area (Å²) in [6, 6.07) is 8.76. The van der Waals surface area contributed by atoms with Crippen LogP contribution in [0.3, 0.4) is 0 Å². The zero-order valence-electron chi connectivity index (χ0n) is 12.3. The van der Waals surface area contributed by atoms with Crippen LogP contribution in [0.1, 0.15) is 19.5 Å². The molecule has 0 N–H and O–H groups in total. The van der Waals surface area contributed by atoms with Crippen molar-refractivity contribution in [1.82, 2.24) is 14.3 Å². The molecule has 2 aromatic heterocycles. The molecule has 19 heavy (non-hydrogen) atoms. The molecule has 0 radical (unpaired) electrons. The molecule has 0 unspecified atom stereocenters. The monoisotopic (exact) mass is 255 g/mol. The van der Waals surface area contributed by atoms with Crippen LogP contribution in [0.2, 0.25) is 0 Å². The number of benzene rings is 1. The van der Waals surface area contributed by atoms with E-state index < -0.39 is 0 Å². The molecule has 2 heterocycles. The minimum atomic E-state index is 1.16. The first-order chi connectivity index (χ1) is 9.15. The van der Waals surface area contributed by atoms with E-state index in [1.807, 2.05) is 38.0 Å². The van der Waals surface area contributed by atoms with Gasteiger partial charge in [0.1, 0.15) is 0 Å². The van der Waals surface area contributed by atoms with Gasteiger partial charge in [0.05, 0.1) is 6.20 Å². The topological polar surface area (TPSA) is 22.8 Å².